The van der Waals surface area contributed by atoms with Gasteiger partial charge in [0.15, 0.2) is 17.5 Å². The zero-order valence-electron chi connectivity index (χ0n) is 12.5. The van der Waals surface area contributed by atoms with E-state index in [1.54, 1.807) is 0 Å². The van der Waals surface area contributed by atoms with Crippen LogP contribution in [0.15, 0.2) is 12.1 Å². The number of carbonyl (C=O) groups is 1. The van der Waals surface area contributed by atoms with E-state index >= 15 is 0 Å². The summed E-state index contributed by atoms with van der Waals surface area (Å²) < 4.78 is 39.4. The van der Waals surface area contributed by atoms with Crippen molar-refractivity contribution in [3.63, 3.8) is 0 Å². The number of piperidine rings is 1. The highest BCUT2D eigenvalue weighted by Gasteiger charge is 2.19. The number of hydrogen-bond donors (Lipinski definition) is 4. The lowest BCUT2D eigenvalue weighted by molar-refractivity contribution is 0.215. The Morgan fingerprint density at radius 2 is 2.00 bits per heavy atom. The number of carbonyl (C=O) groups excluding carboxylic acids is 1. The molecule has 5 nitrogen and oxygen atoms in total. The molecule has 0 spiro atoms. The summed E-state index contributed by atoms with van der Waals surface area (Å²) in [6.07, 6.45) is 3.16. The first kappa shape index (κ1) is 17.6. The van der Waals surface area contributed by atoms with E-state index in [4.69, 9.17) is 0 Å². The average Bonchev–Trinajstić information content (AvgIpc) is 2.56. The third-order valence-electron chi connectivity index (χ3n) is 3.82. The van der Waals surface area contributed by atoms with Crippen LogP contribution in [-0.2, 0) is 0 Å². The molecule has 2 amide bonds. The van der Waals surface area contributed by atoms with Crippen LogP contribution in [0.25, 0.3) is 0 Å². The SMILES string of the molecule is O=C(NCC1CCCCN1)NC(CO)c1cc(F)c(F)c(F)c1. The van der Waals surface area contributed by atoms with Crippen LogP contribution in [0.2, 0.25) is 0 Å². The van der Waals surface area contributed by atoms with Gasteiger partial charge in [0.25, 0.3) is 0 Å². The highest BCUT2D eigenvalue weighted by atomic mass is 19.2. The number of halogens is 3. The Kier molecular flexibility index (Phi) is 6.23. The zero-order chi connectivity index (χ0) is 16.8. The van der Waals surface area contributed by atoms with Gasteiger partial charge in [-0.3, -0.25) is 0 Å². The summed E-state index contributed by atoms with van der Waals surface area (Å²) in [7, 11) is 0. The summed E-state index contributed by atoms with van der Waals surface area (Å²) in [6.45, 7) is 0.747. The lowest BCUT2D eigenvalue weighted by Crippen LogP contribution is -2.47. The molecule has 23 heavy (non-hydrogen) atoms. The van der Waals surface area contributed by atoms with E-state index < -0.39 is 36.1 Å². The smallest absolute Gasteiger partial charge is 0.315 e. The van der Waals surface area contributed by atoms with Gasteiger partial charge < -0.3 is 21.1 Å². The maximum atomic E-state index is 13.2. The molecule has 0 aromatic heterocycles. The molecule has 2 unspecified atom stereocenters. The minimum absolute atomic E-state index is 0.0464. The van der Waals surface area contributed by atoms with Crippen LogP contribution in [-0.4, -0.2) is 36.9 Å². The Labute approximate surface area is 132 Å². The van der Waals surface area contributed by atoms with Crippen LogP contribution in [0.4, 0.5) is 18.0 Å². The van der Waals surface area contributed by atoms with Gasteiger partial charge in [0.2, 0.25) is 0 Å². The van der Waals surface area contributed by atoms with E-state index in [0.29, 0.717) is 6.54 Å². The molecule has 0 radical (unpaired) electrons. The highest BCUT2D eigenvalue weighted by Crippen LogP contribution is 2.19. The van der Waals surface area contributed by atoms with Crippen molar-refractivity contribution >= 4 is 6.03 Å². The van der Waals surface area contributed by atoms with Crippen molar-refractivity contribution < 1.29 is 23.1 Å². The van der Waals surface area contributed by atoms with Crippen LogP contribution in [0.1, 0.15) is 30.9 Å². The normalized spacial score (nSPS) is 19.2. The van der Waals surface area contributed by atoms with Crippen molar-refractivity contribution in [2.75, 3.05) is 19.7 Å². The third-order valence-corrected chi connectivity index (χ3v) is 3.82. The van der Waals surface area contributed by atoms with Gasteiger partial charge in [0.1, 0.15) is 0 Å². The van der Waals surface area contributed by atoms with Crippen molar-refractivity contribution in [2.24, 2.45) is 0 Å². The minimum atomic E-state index is -1.58. The van der Waals surface area contributed by atoms with Crippen LogP contribution < -0.4 is 16.0 Å². The fourth-order valence-corrected chi connectivity index (χ4v) is 2.53. The highest BCUT2D eigenvalue weighted by molar-refractivity contribution is 5.74. The first-order valence-electron chi connectivity index (χ1n) is 7.54. The number of nitrogens with one attached hydrogen (secondary N) is 3. The molecule has 1 heterocycles. The minimum Gasteiger partial charge on any atom is -0.394 e. The van der Waals surface area contributed by atoms with Crippen LogP contribution in [0, 0.1) is 17.5 Å². The second-order valence-electron chi connectivity index (χ2n) is 5.53. The van der Waals surface area contributed by atoms with Gasteiger partial charge in [-0.2, -0.15) is 0 Å². The Morgan fingerprint density at radius 1 is 1.30 bits per heavy atom. The van der Waals surface area contributed by atoms with Crippen molar-refractivity contribution in [1.82, 2.24) is 16.0 Å². The third kappa shape index (κ3) is 4.84. The lowest BCUT2D eigenvalue weighted by atomic mass is 10.1. The van der Waals surface area contributed by atoms with E-state index in [2.05, 4.69) is 16.0 Å². The summed E-state index contributed by atoms with van der Waals surface area (Å²) in [5.74, 6) is -4.32. The van der Waals surface area contributed by atoms with Gasteiger partial charge in [0.05, 0.1) is 12.6 Å². The fraction of sp³-hybridized carbons (Fsp3) is 0.533. The van der Waals surface area contributed by atoms with E-state index in [9.17, 15) is 23.1 Å². The van der Waals surface area contributed by atoms with Gasteiger partial charge in [-0.05, 0) is 37.1 Å². The van der Waals surface area contributed by atoms with Gasteiger partial charge in [-0.15, -0.1) is 0 Å². The standard InChI is InChI=1S/C15H20F3N3O2/c16-11-5-9(6-12(17)14(11)18)13(8-22)21-15(23)20-7-10-3-1-2-4-19-10/h5-6,10,13,19,22H,1-4,7-8H2,(H2,20,21,23). The molecule has 128 valence electrons. The van der Waals surface area contributed by atoms with Gasteiger partial charge in [-0.25, -0.2) is 18.0 Å². The molecule has 2 rings (SSSR count). The number of amides is 2. The van der Waals surface area contributed by atoms with Crippen molar-refractivity contribution in [3.05, 3.63) is 35.1 Å². The molecular formula is C15H20F3N3O2. The van der Waals surface area contributed by atoms with E-state index in [1.165, 1.54) is 0 Å². The number of benzene rings is 1. The Hall–Kier alpha value is -1.80. The molecule has 1 aliphatic rings. The number of aliphatic hydroxyl groups excluding tert-OH is 1. The van der Waals surface area contributed by atoms with Gasteiger partial charge in [-0.1, -0.05) is 6.42 Å². The Balaban J connectivity index is 1.92. The molecule has 0 saturated carbocycles. The fourth-order valence-electron chi connectivity index (χ4n) is 2.53. The van der Waals surface area contributed by atoms with E-state index in [-0.39, 0.29) is 11.6 Å². The van der Waals surface area contributed by atoms with E-state index in [0.717, 1.165) is 37.9 Å². The van der Waals surface area contributed by atoms with Crippen LogP contribution >= 0.6 is 0 Å². The quantitative estimate of drug-likeness (QED) is 0.619. The topological polar surface area (TPSA) is 73.4 Å². The second-order valence-corrected chi connectivity index (χ2v) is 5.53. The van der Waals surface area contributed by atoms with Crippen LogP contribution in [0.5, 0.6) is 0 Å². The monoisotopic (exact) mass is 331 g/mol. The summed E-state index contributed by atoms with van der Waals surface area (Å²) in [5.41, 5.74) is -0.0464. The summed E-state index contributed by atoms with van der Waals surface area (Å²) in [4.78, 5) is 11.8. The molecule has 1 aromatic carbocycles. The first-order valence-corrected chi connectivity index (χ1v) is 7.54. The summed E-state index contributed by atoms with van der Waals surface area (Å²) in [5, 5.41) is 17.6. The molecule has 0 bridgehead atoms. The average molecular weight is 331 g/mol. The maximum Gasteiger partial charge on any atom is 0.315 e. The number of aliphatic hydroxyl groups is 1. The van der Waals surface area contributed by atoms with Gasteiger partial charge in [0, 0.05) is 12.6 Å². The molecule has 2 atom stereocenters. The molecule has 1 saturated heterocycles. The molecule has 4 N–H and O–H groups in total. The zero-order valence-corrected chi connectivity index (χ0v) is 12.5. The molecule has 1 fully saturated rings. The van der Waals surface area contributed by atoms with Crippen LogP contribution in [0.3, 0.4) is 0 Å². The first-order chi connectivity index (χ1) is 11.0. The van der Waals surface area contributed by atoms with E-state index in [1.807, 2.05) is 0 Å². The number of rotatable bonds is 5. The summed E-state index contributed by atoms with van der Waals surface area (Å²) >= 11 is 0. The molecule has 0 aliphatic carbocycles. The van der Waals surface area contributed by atoms with Crippen molar-refractivity contribution in [3.8, 4) is 0 Å². The molecular weight excluding hydrogens is 311 g/mol. The Morgan fingerprint density at radius 3 is 2.57 bits per heavy atom. The predicted molar refractivity (Wildman–Crippen MR) is 78.3 cm³/mol. The predicted octanol–water partition coefficient (Wildman–Crippen LogP) is 1.58. The number of hydrogen-bond acceptors (Lipinski definition) is 3. The summed E-state index contributed by atoms with van der Waals surface area (Å²) in [6, 6.07) is 0.0909. The molecule has 8 heteroatoms. The van der Waals surface area contributed by atoms with Crippen molar-refractivity contribution in [2.45, 2.75) is 31.3 Å². The largest absolute Gasteiger partial charge is 0.394 e. The second kappa shape index (κ2) is 8.16. The maximum absolute atomic E-state index is 13.2. The Bertz CT molecular complexity index is 528. The van der Waals surface area contributed by atoms with Crippen molar-refractivity contribution in [1.29, 1.82) is 0 Å². The molecule has 1 aromatic rings. The molecule has 1 aliphatic heterocycles. The lowest BCUT2D eigenvalue weighted by Gasteiger charge is -2.24. The van der Waals surface area contributed by atoms with Gasteiger partial charge >= 0.3 is 6.03 Å². The number of urea groups is 1.